The maximum Gasteiger partial charge on any atom is 0.329 e. The van der Waals surface area contributed by atoms with Gasteiger partial charge in [0.25, 0.3) is 0 Å². The predicted molar refractivity (Wildman–Crippen MR) is 189 cm³/mol. The number of nitrogens with two attached hydrogens (primary N) is 1. The van der Waals surface area contributed by atoms with Crippen molar-refractivity contribution in [3.8, 4) is 23.2 Å². The Bertz CT molecular complexity index is 2310. The van der Waals surface area contributed by atoms with E-state index in [0.29, 0.717) is 18.7 Å². The Balaban J connectivity index is 1.24. The zero-order chi connectivity index (χ0) is 36.6. The second-order valence-electron chi connectivity index (χ2n) is 13.7. The van der Waals surface area contributed by atoms with E-state index >= 15 is 8.78 Å². The minimum atomic E-state index is -1.51. The number of hydrogen-bond acceptors (Lipinski definition) is 10. The van der Waals surface area contributed by atoms with Crippen LogP contribution < -0.4 is 15.4 Å². The van der Waals surface area contributed by atoms with E-state index in [1.165, 1.54) is 35.0 Å². The van der Waals surface area contributed by atoms with Crippen LogP contribution in [0.5, 0.6) is 6.01 Å². The molecule has 2 unspecified atom stereocenters. The predicted octanol–water partition coefficient (Wildman–Crippen LogP) is 6.48. The molecule has 4 atom stereocenters. The van der Waals surface area contributed by atoms with Crippen molar-refractivity contribution in [2.24, 2.45) is 0 Å². The first kappa shape index (κ1) is 34.4. The van der Waals surface area contributed by atoms with Gasteiger partial charge >= 0.3 is 12.0 Å². The van der Waals surface area contributed by atoms with Crippen molar-refractivity contribution < 1.29 is 27.1 Å². The number of aromatic nitrogens is 4. The van der Waals surface area contributed by atoms with E-state index in [1.54, 1.807) is 18.0 Å². The van der Waals surface area contributed by atoms with E-state index in [1.807, 2.05) is 6.07 Å². The molecule has 52 heavy (non-hydrogen) atoms. The number of thiophene rings is 1. The number of likely N-dealkylation sites (N-methyl/N-ethyl adjacent to an activating group) is 1. The highest BCUT2D eigenvalue weighted by Crippen LogP contribution is 2.46. The molecule has 8 rings (SSSR count). The van der Waals surface area contributed by atoms with Gasteiger partial charge in [-0.15, -0.1) is 11.3 Å². The van der Waals surface area contributed by atoms with Gasteiger partial charge in [0.1, 0.15) is 53.5 Å². The average Bonchev–Trinajstić information content (AvgIpc) is 3.93. The Morgan fingerprint density at radius 1 is 1.25 bits per heavy atom. The Morgan fingerprint density at radius 2 is 2.06 bits per heavy atom. The number of nitrogens with zero attached hydrogens (tertiary/aromatic N) is 8. The van der Waals surface area contributed by atoms with E-state index in [0.717, 1.165) is 30.4 Å². The molecule has 2 N–H and O–H groups in total. The fraction of sp³-hybridized carbons (Fsp3) is 0.400. The second-order valence-corrected chi connectivity index (χ2v) is 15.2. The van der Waals surface area contributed by atoms with Crippen LogP contribution >= 0.6 is 22.9 Å². The van der Waals surface area contributed by atoms with Gasteiger partial charge in [-0.3, -0.25) is 9.47 Å². The van der Waals surface area contributed by atoms with Gasteiger partial charge in [-0.1, -0.05) is 17.7 Å². The van der Waals surface area contributed by atoms with Crippen LogP contribution in [0.2, 0.25) is 5.02 Å². The second kappa shape index (κ2) is 12.7. The summed E-state index contributed by atoms with van der Waals surface area (Å²) in [5.41, 5.74) is 5.87. The van der Waals surface area contributed by atoms with Crippen molar-refractivity contribution >= 4 is 60.8 Å². The molecule has 0 aliphatic carbocycles. The number of fused-ring (bicyclic) bond motifs is 3. The van der Waals surface area contributed by atoms with Gasteiger partial charge < -0.3 is 20.3 Å². The first-order chi connectivity index (χ1) is 24.9. The smallest absolute Gasteiger partial charge is 0.329 e. The van der Waals surface area contributed by atoms with Crippen LogP contribution in [0.15, 0.2) is 30.7 Å². The summed E-state index contributed by atoms with van der Waals surface area (Å²) in [4.78, 5) is 31.4. The molecule has 0 spiro atoms. The number of anilines is 2. The van der Waals surface area contributed by atoms with Crippen molar-refractivity contribution in [2.45, 2.75) is 50.1 Å². The number of imidazole rings is 1. The third-order valence-electron chi connectivity index (χ3n) is 10.5. The molecule has 0 bridgehead atoms. The minimum absolute atomic E-state index is 0.0107. The number of halogens is 5. The summed E-state index contributed by atoms with van der Waals surface area (Å²) >= 11 is 7.69. The Kier molecular flexibility index (Phi) is 8.42. The van der Waals surface area contributed by atoms with Crippen LogP contribution in [0.3, 0.4) is 0 Å². The molecule has 5 aromatic rings. The molecule has 6 heterocycles. The van der Waals surface area contributed by atoms with Crippen molar-refractivity contribution in [2.75, 3.05) is 50.5 Å². The normalized spacial score (nSPS) is 23.1. The number of nitrogen functional groups attached to an aromatic ring is 1. The quantitative estimate of drug-likeness (QED) is 0.194. The van der Waals surface area contributed by atoms with E-state index in [4.69, 9.17) is 22.1 Å². The summed E-state index contributed by atoms with van der Waals surface area (Å²) in [5.74, 6) is -1.42. The van der Waals surface area contributed by atoms with Gasteiger partial charge in [-0.25, -0.2) is 27.3 Å². The average molecular weight is 754 g/mol. The number of benzene rings is 2. The summed E-state index contributed by atoms with van der Waals surface area (Å²) < 4.78 is 69.9. The molecular weight excluding hydrogens is 722 g/mol. The highest BCUT2D eigenvalue weighted by molar-refractivity contribution is 7.23. The van der Waals surface area contributed by atoms with Crippen molar-refractivity contribution in [3.05, 3.63) is 58.6 Å². The van der Waals surface area contributed by atoms with Gasteiger partial charge in [0.15, 0.2) is 5.82 Å². The van der Waals surface area contributed by atoms with Crippen molar-refractivity contribution in [1.29, 1.82) is 5.26 Å². The first-order valence-electron chi connectivity index (χ1n) is 16.7. The number of ether oxygens (including phenoxy) is 1. The largest absolute Gasteiger partial charge is 0.461 e. The Hall–Kier alpha value is -4.72. The van der Waals surface area contributed by atoms with Gasteiger partial charge in [0, 0.05) is 49.1 Å². The summed E-state index contributed by atoms with van der Waals surface area (Å²) in [6, 6.07) is 4.31. The number of carbonyl (C=O) groups excluding carboxylic acids is 1. The first-order valence-corrected chi connectivity index (χ1v) is 17.9. The number of nitriles is 1. The topological polar surface area (TPSA) is 129 Å². The Morgan fingerprint density at radius 3 is 2.81 bits per heavy atom. The van der Waals surface area contributed by atoms with Crippen LogP contribution in [0.4, 0.5) is 33.2 Å². The van der Waals surface area contributed by atoms with E-state index in [-0.39, 0.29) is 85.6 Å². The standard InChI is InChI=1S/C35H32ClF4N9O2S/c1-17-11-48(16-43-17)34(50)46(2)25-14-47(13-24(25)39)32-20-8-22(36)27(19-4-5-23(38)30-26(19)21(10-41)31(42)52-30)28(40)29(20)44-33(45-32)51-15-35-6-3-7-49(35)12-18(37)9-35/h4-5,8,11,16,18,24-25H,3,6-7,9,12-15,42H2,1-2H3/t18-,24?,25?,35+/m1/s1. The van der Waals surface area contributed by atoms with Crippen LogP contribution in [-0.4, -0.2) is 99.1 Å². The zero-order valence-corrected chi connectivity index (χ0v) is 29.6. The third kappa shape index (κ3) is 5.48. The molecule has 3 fully saturated rings. The molecule has 3 aliphatic heterocycles. The minimum Gasteiger partial charge on any atom is -0.461 e. The van der Waals surface area contributed by atoms with Crippen LogP contribution in [-0.2, 0) is 0 Å². The lowest BCUT2D eigenvalue weighted by Crippen LogP contribution is -2.44. The van der Waals surface area contributed by atoms with E-state index < -0.39 is 41.6 Å². The molecular formula is C35H32ClF4N9O2S. The lowest BCUT2D eigenvalue weighted by molar-refractivity contribution is 0.107. The zero-order valence-electron chi connectivity index (χ0n) is 28.0. The number of aryl methyl sites for hydroxylation is 1. The molecule has 11 nitrogen and oxygen atoms in total. The maximum atomic E-state index is 17.1. The fourth-order valence-electron chi connectivity index (χ4n) is 8.00. The van der Waals surface area contributed by atoms with Gasteiger partial charge in [0.05, 0.1) is 39.1 Å². The molecule has 3 saturated heterocycles. The van der Waals surface area contributed by atoms with Crippen LogP contribution in [0, 0.1) is 29.9 Å². The third-order valence-corrected chi connectivity index (χ3v) is 11.8. The van der Waals surface area contributed by atoms with Gasteiger partial charge in [-0.05, 0) is 44.0 Å². The number of alkyl halides is 2. The maximum absolute atomic E-state index is 17.1. The van der Waals surface area contributed by atoms with Crippen LogP contribution in [0.1, 0.15) is 30.5 Å². The molecule has 17 heteroatoms. The van der Waals surface area contributed by atoms with Crippen LogP contribution in [0.25, 0.3) is 32.1 Å². The molecule has 0 saturated carbocycles. The highest BCUT2D eigenvalue weighted by Gasteiger charge is 2.49. The molecule has 3 aromatic heterocycles. The number of amides is 1. The summed E-state index contributed by atoms with van der Waals surface area (Å²) in [7, 11) is 1.50. The lowest BCUT2D eigenvalue weighted by atomic mass is 9.95. The lowest BCUT2D eigenvalue weighted by Gasteiger charge is -2.31. The fourth-order valence-corrected chi connectivity index (χ4v) is 9.25. The Labute approximate surface area is 304 Å². The van der Waals surface area contributed by atoms with Crippen molar-refractivity contribution in [1.82, 2.24) is 29.3 Å². The molecule has 3 aliphatic rings. The summed E-state index contributed by atoms with van der Waals surface area (Å²) in [5, 5.41) is 10.1. The van der Waals surface area contributed by atoms with E-state index in [9.17, 15) is 18.8 Å². The summed E-state index contributed by atoms with van der Waals surface area (Å²) in [6.45, 7) is 2.60. The highest BCUT2D eigenvalue weighted by atomic mass is 35.5. The van der Waals surface area contributed by atoms with Crippen molar-refractivity contribution in [3.63, 3.8) is 0 Å². The number of rotatable bonds is 6. The van der Waals surface area contributed by atoms with Gasteiger partial charge in [0.2, 0.25) is 0 Å². The van der Waals surface area contributed by atoms with E-state index in [2.05, 4.69) is 19.9 Å². The number of hydrogen-bond donors (Lipinski definition) is 1. The molecule has 0 radical (unpaired) electrons. The number of carbonyl (C=O) groups is 1. The molecule has 1 amide bonds. The SMILES string of the molecule is Cc1cn(C(=O)N(C)C2CN(c3nc(OC[C@@]45CCCN4C[C@H](F)C5)nc4c(F)c(-c5ccc(F)c6sc(N)c(C#N)c56)c(Cl)cc34)CC2F)cn1. The van der Waals surface area contributed by atoms with Gasteiger partial charge in [-0.2, -0.15) is 15.2 Å². The molecule has 2 aromatic carbocycles. The summed E-state index contributed by atoms with van der Waals surface area (Å²) in [6.07, 6.45) is 2.24. The monoisotopic (exact) mass is 753 g/mol. The molecule has 270 valence electrons.